The summed E-state index contributed by atoms with van der Waals surface area (Å²) in [6, 6.07) is 5.74. The van der Waals surface area contributed by atoms with Gasteiger partial charge in [0.2, 0.25) is 0 Å². The molecular weight excluding hydrogens is 180 g/mol. The van der Waals surface area contributed by atoms with E-state index in [0.29, 0.717) is 0 Å². The van der Waals surface area contributed by atoms with Crippen molar-refractivity contribution in [3.8, 4) is 0 Å². The summed E-state index contributed by atoms with van der Waals surface area (Å²) in [4.78, 5) is 3.96. The lowest BCUT2D eigenvalue weighted by Crippen LogP contribution is -2.01. The van der Waals surface area contributed by atoms with Gasteiger partial charge in [0.15, 0.2) is 0 Å². The molecule has 0 saturated heterocycles. The molecule has 0 spiro atoms. The van der Waals surface area contributed by atoms with Gasteiger partial charge in [-0.1, -0.05) is 11.6 Å². The molecule has 1 aliphatic heterocycles. The minimum absolute atomic E-state index is 0.748. The van der Waals surface area contributed by atoms with E-state index in [9.17, 15) is 0 Å². The molecule has 2 nitrogen and oxygen atoms in total. The Morgan fingerprint density at radius 1 is 1.45 bits per heavy atom. The quantitative estimate of drug-likeness (QED) is 0.626. The van der Waals surface area contributed by atoms with E-state index in [0.717, 1.165) is 15.5 Å². The first-order valence-corrected chi connectivity index (χ1v) is 4.30. The highest BCUT2D eigenvalue weighted by Crippen LogP contribution is 2.24. The predicted octanol–water partition coefficient (Wildman–Crippen LogP) is 2.28. The summed E-state index contributed by atoms with van der Waals surface area (Å²) in [6.07, 6.45) is 1.76. The summed E-state index contributed by atoms with van der Waals surface area (Å²) in [6.45, 7) is 0. The highest BCUT2D eigenvalue weighted by atomic mass is 35.5. The van der Waals surface area contributed by atoms with Crippen molar-refractivity contribution < 1.29 is 0 Å². The number of hydrogen-bond acceptors (Lipinski definition) is 3. The van der Waals surface area contributed by atoms with E-state index in [1.54, 1.807) is 6.21 Å². The normalized spacial score (nSPS) is 13.9. The van der Waals surface area contributed by atoms with Gasteiger partial charge in [-0.05, 0) is 18.2 Å². The molecule has 56 valence electrons. The molecule has 0 fully saturated rings. The molecule has 1 aliphatic rings. The Bertz CT molecular complexity index is 311. The second-order valence-electron chi connectivity index (χ2n) is 2.13. The van der Waals surface area contributed by atoms with Gasteiger partial charge in [-0.25, -0.2) is 4.83 Å². The molecule has 1 N–H and O–H groups in total. The number of hydrazone groups is 1. The van der Waals surface area contributed by atoms with Crippen LogP contribution in [-0.2, 0) is 0 Å². The highest BCUT2D eigenvalue weighted by Gasteiger charge is 2.04. The average Bonchev–Trinajstić information content (AvgIpc) is 2.04. The molecule has 0 bridgehead atoms. The maximum atomic E-state index is 5.79. The number of halogens is 1. The fraction of sp³-hybridized carbons (Fsp3) is 0. The van der Waals surface area contributed by atoms with Crippen molar-refractivity contribution in [2.75, 3.05) is 0 Å². The van der Waals surface area contributed by atoms with Crippen LogP contribution in [0.1, 0.15) is 5.56 Å². The van der Waals surface area contributed by atoms with Crippen molar-refractivity contribution in [2.24, 2.45) is 5.10 Å². The molecule has 1 aromatic carbocycles. The fourth-order valence-electron chi connectivity index (χ4n) is 0.885. The molecule has 1 aromatic rings. The Morgan fingerprint density at radius 3 is 3.27 bits per heavy atom. The molecule has 0 saturated carbocycles. The van der Waals surface area contributed by atoms with E-state index in [1.807, 2.05) is 18.2 Å². The molecule has 0 aromatic heterocycles. The molecule has 11 heavy (non-hydrogen) atoms. The Balaban J connectivity index is 2.54. The molecular formula is C7H5ClN2S. The molecule has 4 heteroatoms. The van der Waals surface area contributed by atoms with E-state index in [1.165, 1.54) is 11.9 Å². The minimum atomic E-state index is 0.748. The molecule has 0 aliphatic carbocycles. The van der Waals surface area contributed by atoms with Crippen LogP contribution in [0.3, 0.4) is 0 Å². The monoisotopic (exact) mass is 184 g/mol. The van der Waals surface area contributed by atoms with Gasteiger partial charge >= 0.3 is 0 Å². The van der Waals surface area contributed by atoms with Crippen LogP contribution in [0, 0.1) is 0 Å². The van der Waals surface area contributed by atoms with Crippen molar-refractivity contribution in [1.82, 2.24) is 4.83 Å². The summed E-state index contributed by atoms with van der Waals surface area (Å²) in [7, 11) is 0. The van der Waals surface area contributed by atoms with Crippen molar-refractivity contribution in [1.29, 1.82) is 0 Å². The summed E-state index contributed by atoms with van der Waals surface area (Å²) in [5.41, 5.74) is 1.07. The minimum Gasteiger partial charge on any atom is -0.247 e. The summed E-state index contributed by atoms with van der Waals surface area (Å²) in [5.74, 6) is 0. The standard InChI is InChI=1S/C7H5ClN2S/c8-6-1-2-7-5(3-6)4-9-10-11-7/h1-4,10H. The van der Waals surface area contributed by atoms with Gasteiger partial charge in [0.05, 0.1) is 6.21 Å². The Morgan fingerprint density at radius 2 is 2.36 bits per heavy atom. The number of nitrogens with one attached hydrogen (secondary N) is 1. The summed E-state index contributed by atoms with van der Waals surface area (Å²) < 4.78 is 0. The Kier molecular flexibility index (Phi) is 1.75. The smallest absolute Gasteiger partial charge is 0.0563 e. The van der Waals surface area contributed by atoms with Crippen LogP contribution in [0.4, 0.5) is 0 Å². The third kappa shape index (κ3) is 1.34. The topological polar surface area (TPSA) is 24.4 Å². The zero-order valence-corrected chi connectivity index (χ0v) is 7.12. The number of benzene rings is 1. The SMILES string of the molecule is Clc1ccc2c(c1)C=NNS2. The van der Waals surface area contributed by atoms with Crippen molar-refractivity contribution >= 4 is 29.8 Å². The van der Waals surface area contributed by atoms with Crippen molar-refractivity contribution in [3.05, 3.63) is 28.8 Å². The lowest BCUT2D eigenvalue weighted by Gasteiger charge is -2.08. The van der Waals surface area contributed by atoms with Crippen LogP contribution >= 0.6 is 23.5 Å². The first-order chi connectivity index (χ1) is 5.36. The third-order valence-corrected chi connectivity index (χ3v) is 2.41. The molecule has 2 rings (SSSR count). The zero-order chi connectivity index (χ0) is 7.68. The predicted molar refractivity (Wildman–Crippen MR) is 48.0 cm³/mol. The van der Waals surface area contributed by atoms with Crippen LogP contribution in [0.5, 0.6) is 0 Å². The van der Waals surface area contributed by atoms with Crippen molar-refractivity contribution in [2.45, 2.75) is 4.90 Å². The third-order valence-electron chi connectivity index (χ3n) is 1.38. The first kappa shape index (κ1) is 7.00. The summed E-state index contributed by atoms with van der Waals surface area (Å²) in [5, 5.41) is 4.64. The first-order valence-electron chi connectivity index (χ1n) is 3.11. The van der Waals surface area contributed by atoms with Gasteiger partial charge in [-0.2, -0.15) is 5.10 Å². The molecule has 0 unspecified atom stereocenters. The van der Waals surface area contributed by atoms with Gasteiger partial charge in [-0.15, -0.1) is 0 Å². The lowest BCUT2D eigenvalue weighted by atomic mass is 10.2. The number of nitrogens with zero attached hydrogens (tertiary/aromatic N) is 1. The second-order valence-corrected chi connectivity index (χ2v) is 3.40. The van der Waals surface area contributed by atoms with Crippen LogP contribution in [-0.4, -0.2) is 6.21 Å². The highest BCUT2D eigenvalue weighted by molar-refractivity contribution is 7.97. The summed E-state index contributed by atoms with van der Waals surface area (Å²) >= 11 is 7.28. The lowest BCUT2D eigenvalue weighted by molar-refractivity contribution is 1.10. The van der Waals surface area contributed by atoms with E-state index in [4.69, 9.17) is 11.6 Å². The largest absolute Gasteiger partial charge is 0.247 e. The van der Waals surface area contributed by atoms with E-state index in [-0.39, 0.29) is 0 Å². The maximum Gasteiger partial charge on any atom is 0.0563 e. The van der Waals surface area contributed by atoms with Crippen LogP contribution in [0.15, 0.2) is 28.2 Å². The maximum absolute atomic E-state index is 5.79. The van der Waals surface area contributed by atoms with Gasteiger partial charge < -0.3 is 0 Å². The van der Waals surface area contributed by atoms with E-state index >= 15 is 0 Å². The van der Waals surface area contributed by atoms with Crippen LogP contribution < -0.4 is 4.83 Å². The van der Waals surface area contributed by atoms with Crippen LogP contribution in [0.2, 0.25) is 5.02 Å². The van der Waals surface area contributed by atoms with E-state index < -0.39 is 0 Å². The number of hydrogen-bond donors (Lipinski definition) is 1. The average molecular weight is 185 g/mol. The van der Waals surface area contributed by atoms with Gasteiger partial charge in [0.25, 0.3) is 0 Å². The van der Waals surface area contributed by atoms with E-state index in [2.05, 4.69) is 9.93 Å². The Hall–Kier alpha value is -0.670. The molecule has 1 heterocycles. The van der Waals surface area contributed by atoms with Crippen LogP contribution in [0.25, 0.3) is 0 Å². The molecule has 0 amide bonds. The number of rotatable bonds is 0. The van der Waals surface area contributed by atoms with Crippen molar-refractivity contribution in [3.63, 3.8) is 0 Å². The Labute approximate surface area is 73.8 Å². The van der Waals surface area contributed by atoms with Gasteiger partial charge in [0, 0.05) is 27.4 Å². The second kappa shape index (κ2) is 2.75. The molecule has 0 radical (unpaired) electrons. The fourth-order valence-corrected chi connectivity index (χ4v) is 1.63. The number of fused-ring (bicyclic) bond motifs is 1. The molecule has 0 atom stereocenters. The van der Waals surface area contributed by atoms with Gasteiger partial charge in [0.1, 0.15) is 0 Å². The van der Waals surface area contributed by atoms with Gasteiger partial charge in [-0.3, -0.25) is 0 Å². The zero-order valence-electron chi connectivity index (χ0n) is 5.54.